The van der Waals surface area contributed by atoms with Gasteiger partial charge in [-0.3, -0.25) is 4.72 Å². The number of rotatable bonds is 5. The van der Waals surface area contributed by atoms with Gasteiger partial charge in [-0.15, -0.1) is 0 Å². The zero-order chi connectivity index (χ0) is 18.1. The van der Waals surface area contributed by atoms with Crippen LogP contribution in [0.2, 0.25) is 15.1 Å². The van der Waals surface area contributed by atoms with Gasteiger partial charge in [-0.25, -0.2) is 8.42 Å². The van der Waals surface area contributed by atoms with Crippen molar-refractivity contribution in [2.75, 3.05) is 4.72 Å². The Labute approximate surface area is 152 Å². The molecule has 0 radical (unpaired) electrons. The van der Waals surface area contributed by atoms with Crippen LogP contribution in [0.3, 0.4) is 0 Å². The Balaban J connectivity index is 2.35. The summed E-state index contributed by atoms with van der Waals surface area (Å²) in [6, 6.07) is 6.13. The molecule has 2 aromatic carbocycles. The molecule has 24 heavy (non-hydrogen) atoms. The Morgan fingerprint density at radius 1 is 1.04 bits per heavy atom. The third-order valence-electron chi connectivity index (χ3n) is 2.93. The van der Waals surface area contributed by atoms with Crippen LogP contribution in [-0.2, 0) is 10.0 Å². The molecule has 0 bridgehead atoms. The molecular formula is C14H10Cl3F2NO3S. The van der Waals surface area contributed by atoms with Crippen LogP contribution < -0.4 is 9.46 Å². The quantitative estimate of drug-likeness (QED) is 0.668. The van der Waals surface area contributed by atoms with Crippen LogP contribution >= 0.6 is 34.8 Å². The van der Waals surface area contributed by atoms with E-state index in [1.165, 1.54) is 31.2 Å². The largest absolute Gasteiger partial charge is 0.435 e. The van der Waals surface area contributed by atoms with E-state index in [1.54, 1.807) is 0 Å². The predicted molar refractivity (Wildman–Crippen MR) is 90.1 cm³/mol. The van der Waals surface area contributed by atoms with E-state index in [0.717, 1.165) is 6.07 Å². The van der Waals surface area contributed by atoms with Crippen LogP contribution in [0.4, 0.5) is 14.5 Å². The lowest BCUT2D eigenvalue weighted by Gasteiger charge is -2.13. The van der Waals surface area contributed by atoms with Gasteiger partial charge in [-0.05, 0) is 42.8 Å². The highest BCUT2D eigenvalue weighted by molar-refractivity contribution is 7.92. The normalized spacial score (nSPS) is 11.6. The molecule has 130 valence electrons. The van der Waals surface area contributed by atoms with Crippen LogP contribution in [0.5, 0.6) is 5.75 Å². The van der Waals surface area contributed by atoms with Gasteiger partial charge in [0, 0.05) is 0 Å². The minimum atomic E-state index is -4.06. The van der Waals surface area contributed by atoms with Gasteiger partial charge >= 0.3 is 6.61 Å². The number of anilines is 1. The number of halogens is 5. The topological polar surface area (TPSA) is 55.4 Å². The number of ether oxygens (including phenoxy) is 1. The standard InChI is InChI=1S/C14H10Cl3F2NO3S/c1-7-4-8(23-14(18)19)2-3-12(7)20-24(21,22)13-6-10(16)9(15)5-11(13)17/h2-6,14,20H,1H3. The highest BCUT2D eigenvalue weighted by atomic mass is 35.5. The molecule has 0 aliphatic rings. The third-order valence-corrected chi connectivity index (χ3v) is 5.48. The molecule has 0 amide bonds. The van der Waals surface area contributed by atoms with Gasteiger partial charge in [0.1, 0.15) is 10.6 Å². The molecule has 2 rings (SSSR count). The van der Waals surface area contributed by atoms with Crippen molar-refractivity contribution in [2.45, 2.75) is 18.4 Å². The number of alkyl halides is 2. The lowest BCUT2D eigenvalue weighted by atomic mass is 10.2. The zero-order valence-corrected chi connectivity index (χ0v) is 15.1. The van der Waals surface area contributed by atoms with Crippen molar-refractivity contribution < 1.29 is 21.9 Å². The Morgan fingerprint density at radius 2 is 1.67 bits per heavy atom. The molecule has 0 saturated heterocycles. The summed E-state index contributed by atoms with van der Waals surface area (Å²) in [6.45, 7) is -1.44. The van der Waals surface area contributed by atoms with Gasteiger partial charge in [-0.2, -0.15) is 8.78 Å². The monoisotopic (exact) mass is 415 g/mol. The highest BCUT2D eigenvalue weighted by Crippen LogP contribution is 2.33. The van der Waals surface area contributed by atoms with Crippen LogP contribution in [-0.4, -0.2) is 15.0 Å². The fourth-order valence-electron chi connectivity index (χ4n) is 1.84. The Bertz CT molecular complexity index is 876. The number of nitrogens with one attached hydrogen (secondary N) is 1. The van der Waals surface area contributed by atoms with Crippen molar-refractivity contribution >= 4 is 50.5 Å². The summed E-state index contributed by atoms with van der Waals surface area (Å²) >= 11 is 17.5. The summed E-state index contributed by atoms with van der Waals surface area (Å²) in [5, 5.41) is 0.0383. The molecule has 10 heteroatoms. The maximum Gasteiger partial charge on any atom is 0.387 e. The summed E-state index contributed by atoms with van der Waals surface area (Å²) in [5.41, 5.74) is 0.562. The molecule has 4 nitrogen and oxygen atoms in total. The highest BCUT2D eigenvalue weighted by Gasteiger charge is 2.21. The summed E-state index contributed by atoms with van der Waals surface area (Å²) in [7, 11) is -4.06. The Hall–Kier alpha value is -1.28. The van der Waals surface area contributed by atoms with Gasteiger partial charge in [0.25, 0.3) is 10.0 Å². The number of aryl methyl sites for hydroxylation is 1. The molecular weight excluding hydrogens is 407 g/mol. The first-order valence-corrected chi connectivity index (χ1v) is 8.94. The molecule has 0 aromatic heterocycles. The van der Waals surface area contributed by atoms with E-state index in [-0.39, 0.29) is 31.4 Å². The minimum Gasteiger partial charge on any atom is -0.435 e. The lowest BCUT2D eigenvalue weighted by Crippen LogP contribution is -2.14. The third kappa shape index (κ3) is 4.42. The molecule has 0 spiro atoms. The number of hydrogen-bond acceptors (Lipinski definition) is 3. The molecule has 0 fully saturated rings. The average Bonchev–Trinajstić information content (AvgIpc) is 2.45. The SMILES string of the molecule is Cc1cc(OC(F)F)ccc1NS(=O)(=O)c1cc(Cl)c(Cl)cc1Cl. The van der Waals surface area contributed by atoms with Gasteiger partial charge in [0.15, 0.2) is 0 Å². The summed E-state index contributed by atoms with van der Waals surface area (Å²) in [4.78, 5) is -0.258. The molecule has 0 aliphatic carbocycles. The Morgan fingerprint density at radius 3 is 2.25 bits per heavy atom. The van der Waals surface area contributed by atoms with E-state index in [1.807, 2.05) is 0 Å². The molecule has 1 N–H and O–H groups in total. The van der Waals surface area contributed by atoms with Crippen LogP contribution in [0.25, 0.3) is 0 Å². The van der Waals surface area contributed by atoms with Gasteiger partial charge < -0.3 is 4.74 Å². The van der Waals surface area contributed by atoms with Crippen molar-refractivity contribution in [1.29, 1.82) is 0 Å². The van der Waals surface area contributed by atoms with Crippen LogP contribution in [0, 0.1) is 6.92 Å². The van der Waals surface area contributed by atoms with E-state index in [0.29, 0.717) is 5.56 Å². The van der Waals surface area contributed by atoms with Gasteiger partial charge in [0.2, 0.25) is 0 Å². The molecule has 0 saturated carbocycles. The number of benzene rings is 2. The fourth-order valence-corrected chi connectivity index (χ4v) is 3.97. The van der Waals surface area contributed by atoms with Crippen molar-refractivity contribution in [1.82, 2.24) is 0 Å². The first kappa shape index (κ1) is 19.1. The Kier molecular flexibility index (Phi) is 5.80. The second kappa shape index (κ2) is 7.31. The zero-order valence-electron chi connectivity index (χ0n) is 12.0. The van der Waals surface area contributed by atoms with Crippen molar-refractivity contribution in [3.8, 4) is 5.75 Å². The second-order valence-electron chi connectivity index (χ2n) is 4.66. The van der Waals surface area contributed by atoms with Gasteiger partial charge in [0.05, 0.1) is 20.8 Å². The number of sulfonamides is 1. The minimum absolute atomic E-state index is 0.0267. The van der Waals surface area contributed by atoms with Crippen molar-refractivity contribution in [3.63, 3.8) is 0 Å². The molecule has 0 heterocycles. The van der Waals surface area contributed by atoms with Crippen LogP contribution in [0.1, 0.15) is 5.56 Å². The lowest BCUT2D eigenvalue weighted by molar-refractivity contribution is -0.0498. The number of hydrogen-bond donors (Lipinski definition) is 1. The van der Waals surface area contributed by atoms with Gasteiger partial charge in [-0.1, -0.05) is 34.8 Å². The smallest absolute Gasteiger partial charge is 0.387 e. The van der Waals surface area contributed by atoms with E-state index < -0.39 is 16.6 Å². The van der Waals surface area contributed by atoms with Crippen molar-refractivity contribution in [2.24, 2.45) is 0 Å². The molecule has 0 unspecified atom stereocenters. The first-order valence-electron chi connectivity index (χ1n) is 6.33. The van der Waals surface area contributed by atoms with E-state index >= 15 is 0 Å². The van der Waals surface area contributed by atoms with E-state index in [4.69, 9.17) is 34.8 Å². The summed E-state index contributed by atoms with van der Waals surface area (Å²) < 4.78 is 55.8. The molecule has 2 aromatic rings. The maximum absolute atomic E-state index is 12.5. The summed E-state index contributed by atoms with van der Waals surface area (Å²) in [6.07, 6.45) is 0. The van der Waals surface area contributed by atoms with Crippen molar-refractivity contribution in [3.05, 3.63) is 51.0 Å². The maximum atomic E-state index is 12.5. The van der Waals surface area contributed by atoms with Crippen LogP contribution in [0.15, 0.2) is 35.2 Å². The molecule has 0 aliphatic heterocycles. The fraction of sp³-hybridized carbons (Fsp3) is 0.143. The second-order valence-corrected chi connectivity index (χ2v) is 7.53. The van der Waals surface area contributed by atoms with E-state index in [9.17, 15) is 17.2 Å². The molecule has 0 atom stereocenters. The van der Waals surface area contributed by atoms with E-state index in [2.05, 4.69) is 9.46 Å². The average molecular weight is 417 g/mol. The predicted octanol–water partition coefficient (Wildman–Crippen LogP) is 5.36. The first-order chi connectivity index (χ1) is 11.1. The summed E-state index contributed by atoms with van der Waals surface area (Å²) in [5.74, 6) is -0.0852.